The Labute approximate surface area is 115 Å². The molecule has 0 radical (unpaired) electrons. The molecule has 4 nitrogen and oxygen atoms in total. The minimum Gasteiger partial charge on any atom is -0.494 e. The number of ether oxygens (including phenoxy) is 1. The van der Waals surface area contributed by atoms with Crippen molar-refractivity contribution >= 4 is 5.84 Å². The van der Waals surface area contributed by atoms with Crippen molar-refractivity contribution < 1.29 is 4.74 Å². The molecular weight excluding hydrogens is 238 g/mol. The van der Waals surface area contributed by atoms with Gasteiger partial charge in [-0.1, -0.05) is 0 Å². The lowest BCUT2D eigenvalue weighted by molar-refractivity contribution is 0.281. The van der Waals surface area contributed by atoms with E-state index < -0.39 is 0 Å². The summed E-state index contributed by atoms with van der Waals surface area (Å²) in [4.78, 5) is 6.65. The zero-order valence-electron chi connectivity index (χ0n) is 11.9. The zero-order chi connectivity index (χ0) is 13.5. The van der Waals surface area contributed by atoms with Crippen molar-refractivity contribution in [3.63, 3.8) is 0 Å². The number of amidine groups is 1. The molecule has 19 heavy (non-hydrogen) atoms. The van der Waals surface area contributed by atoms with Gasteiger partial charge in [-0.3, -0.25) is 4.99 Å². The van der Waals surface area contributed by atoms with E-state index in [0.717, 1.165) is 56.2 Å². The summed E-state index contributed by atoms with van der Waals surface area (Å²) in [6.07, 6.45) is 2.17. The largest absolute Gasteiger partial charge is 0.494 e. The molecule has 1 aromatic rings. The summed E-state index contributed by atoms with van der Waals surface area (Å²) in [5.41, 5.74) is 1.14. The van der Waals surface area contributed by atoms with E-state index in [2.05, 4.69) is 41.4 Å². The van der Waals surface area contributed by atoms with Gasteiger partial charge in [0.1, 0.15) is 11.6 Å². The Bertz CT molecular complexity index is 412. The van der Waals surface area contributed by atoms with E-state index in [0.29, 0.717) is 0 Å². The van der Waals surface area contributed by atoms with Crippen LogP contribution in [0.5, 0.6) is 5.75 Å². The fourth-order valence-electron chi connectivity index (χ4n) is 2.01. The molecule has 1 heterocycles. The van der Waals surface area contributed by atoms with Crippen LogP contribution in [0.2, 0.25) is 0 Å². The van der Waals surface area contributed by atoms with Crippen molar-refractivity contribution in [2.75, 3.05) is 40.3 Å². The summed E-state index contributed by atoms with van der Waals surface area (Å²) in [6.45, 7) is 3.75. The van der Waals surface area contributed by atoms with Crippen molar-refractivity contribution in [2.24, 2.45) is 4.99 Å². The van der Waals surface area contributed by atoms with E-state index in [4.69, 9.17) is 4.74 Å². The van der Waals surface area contributed by atoms with E-state index in [9.17, 15) is 0 Å². The Morgan fingerprint density at radius 1 is 1.26 bits per heavy atom. The highest BCUT2D eigenvalue weighted by Gasteiger charge is 2.06. The highest BCUT2D eigenvalue weighted by atomic mass is 16.5. The van der Waals surface area contributed by atoms with Crippen LogP contribution in [0.3, 0.4) is 0 Å². The summed E-state index contributed by atoms with van der Waals surface area (Å²) < 4.78 is 5.71. The Balaban J connectivity index is 1.82. The van der Waals surface area contributed by atoms with Crippen molar-refractivity contribution in [3.8, 4) is 5.75 Å². The topological polar surface area (TPSA) is 36.9 Å². The Morgan fingerprint density at radius 2 is 2.05 bits per heavy atom. The number of rotatable bonds is 6. The standard InChI is InChI=1S/C15H23N3O/c1-18(2)11-4-12-19-14-7-5-13(6-8-14)15-16-9-3-10-17-15/h5-8H,3-4,9-12H2,1-2H3,(H,16,17). The predicted molar refractivity (Wildman–Crippen MR) is 79.1 cm³/mol. The highest BCUT2D eigenvalue weighted by molar-refractivity contribution is 5.99. The van der Waals surface area contributed by atoms with Crippen LogP contribution in [0.1, 0.15) is 18.4 Å². The lowest BCUT2D eigenvalue weighted by atomic mass is 10.2. The molecule has 0 aliphatic carbocycles. The number of aliphatic imine (C=N–C) groups is 1. The molecule has 0 spiro atoms. The highest BCUT2D eigenvalue weighted by Crippen LogP contribution is 2.13. The molecule has 0 saturated carbocycles. The van der Waals surface area contributed by atoms with Crippen LogP contribution in [-0.4, -0.2) is 51.1 Å². The number of nitrogens with zero attached hydrogens (tertiary/aromatic N) is 2. The summed E-state index contributed by atoms with van der Waals surface area (Å²) in [7, 11) is 4.15. The number of benzene rings is 1. The first-order valence-electron chi connectivity index (χ1n) is 6.92. The lowest BCUT2D eigenvalue weighted by Gasteiger charge is -2.15. The second kappa shape index (κ2) is 7.14. The first kappa shape index (κ1) is 13.9. The van der Waals surface area contributed by atoms with Crippen LogP contribution in [0.25, 0.3) is 0 Å². The minimum absolute atomic E-state index is 0.761. The van der Waals surface area contributed by atoms with Gasteiger partial charge in [0.25, 0.3) is 0 Å². The van der Waals surface area contributed by atoms with Gasteiger partial charge in [0.05, 0.1) is 6.61 Å². The van der Waals surface area contributed by atoms with Crippen LogP contribution < -0.4 is 10.1 Å². The molecule has 2 rings (SSSR count). The molecule has 0 bridgehead atoms. The third-order valence-corrected chi connectivity index (χ3v) is 3.04. The van der Waals surface area contributed by atoms with E-state index in [1.165, 1.54) is 0 Å². The normalized spacial score (nSPS) is 15.0. The molecule has 1 aliphatic heterocycles. The summed E-state index contributed by atoms with van der Waals surface area (Å²) in [6, 6.07) is 8.17. The van der Waals surface area contributed by atoms with Crippen LogP contribution in [0, 0.1) is 0 Å². The Kier molecular flexibility index (Phi) is 5.21. The van der Waals surface area contributed by atoms with Gasteiger partial charge in [0, 0.05) is 25.2 Å². The van der Waals surface area contributed by atoms with Crippen LogP contribution >= 0.6 is 0 Å². The second-order valence-corrected chi connectivity index (χ2v) is 5.04. The Morgan fingerprint density at radius 3 is 2.68 bits per heavy atom. The summed E-state index contributed by atoms with van der Waals surface area (Å²) >= 11 is 0. The third-order valence-electron chi connectivity index (χ3n) is 3.04. The van der Waals surface area contributed by atoms with E-state index >= 15 is 0 Å². The number of nitrogens with one attached hydrogen (secondary N) is 1. The number of hydrogen-bond acceptors (Lipinski definition) is 4. The maximum absolute atomic E-state index is 5.71. The van der Waals surface area contributed by atoms with Gasteiger partial charge in [-0.2, -0.15) is 0 Å². The van der Waals surface area contributed by atoms with Gasteiger partial charge < -0.3 is 15.0 Å². The van der Waals surface area contributed by atoms with Crippen LogP contribution in [0.15, 0.2) is 29.3 Å². The summed E-state index contributed by atoms with van der Waals surface area (Å²) in [5, 5.41) is 3.32. The van der Waals surface area contributed by atoms with Gasteiger partial charge in [0.2, 0.25) is 0 Å². The monoisotopic (exact) mass is 261 g/mol. The lowest BCUT2D eigenvalue weighted by Crippen LogP contribution is -2.30. The van der Waals surface area contributed by atoms with Gasteiger partial charge in [0.15, 0.2) is 0 Å². The SMILES string of the molecule is CN(C)CCCOc1ccc(C2=NCCCN2)cc1. The predicted octanol–water partition coefficient (Wildman–Crippen LogP) is 1.76. The van der Waals surface area contributed by atoms with Crippen molar-refractivity contribution in [2.45, 2.75) is 12.8 Å². The molecule has 1 aliphatic rings. The fraction of sp³-hybridized carbons (Fsp3) is 0.533. The molecule has 0 amide bonds. The van der Waals surface area contributed by atoms with Gasteiger partial charge in [-0.15, -0.1) is 0 Å². The molecule has 1 aromatic carbocycles. The molecule has 0 aromatic heterocycles. The maximum atomic E-state index is 5.71. The molecule has 4 heteroatoms. The van der Waals surface area contributed by atoms with Crippen LogP contribution in [0.4, 0.5) is 0 Å². The second-order valence-electron chi connectivity index (χ2n) is 5.04. The summed E-state index contributed by atoms with van der Waals surface area (Å²) in [5.74, 6) is 1.93. The number of hydrogen-bond donors (Lipinski definition) is 1. The molecule has 0 atom stereocenters. The zero-order valence-corrected chi connectivity index (χ0v) is 11.9. The van der Waals surface area contributed by atoms with Crippen molar-refractivity contribution in [1.82, 2.24) is 10.2 Å². The van der Waals surface area contributed by atoms with Crippen LogP contribution in [-0.2, 0) is 0 Å². The smallest absolute Gasteiger partial charge is 0.128 e. The molecule has 104 valence electrons. The van der Waals surface area contributed by atoms with E-state index in [-0.39, 0.29) is 0 Å². The average molecular weight is 261 g/mol. The van der Waals surface area contributed by atoms with Gasteiger partial charge in [-0.25, -0.2) is 0 Å². The van der Waals surface area contributed by atoms with Crippen molar-refractivity contribution in [1.29, 1.82) is 0 Å². The molecule has 1 N–H and O–H groups in total. The Hall–Kier alpha value is -1.55. The van der Waals surface area contributed by atoms with Gasteiger partial charge >= 0.3 is 0 Å². The molecule has 0 saturated heterocycles. The van der Waals surface area contributed by atoms with E-state index in [1.807, 2.05) is 12.1 Å². The molecular formula is C15H23N3O. The fourth-order valence-corrected chi connectivity index (χ4v) is 2.01. The van der Waals surface area contributed by atoms with Crippen molar-refractivity contribution in [3.05, 3.63) is 29.8 Å². The average Bonchev–Trinajstić information content (AvgIpc) is 2.45. The molecule has 0 unspecified atom stereocenters. The minimum atomic E-state index is 0.761. The van der Waals surface area contributed by atoms with E-state index in [1.54, 1.807) is 0 Å². The maximum Gasteiger partial charge on any atom is 0.128 e. The van der Waals surface area contributed by atoms with Gasteiger partial charge in [-0.05, 0) is 51.2 Å². The first-order chi connectivity index (χ1) is 9.25. The third kappa shape index (κ3) is 4.56. The molecule has 0 fully saturated rings. The quantitative estimate of drug-likeness (QED) is 0.793. The first-order valence-corrected chi connectivity index (χ1v) is 6.92.